The summed E-state index contributed by atoms with van der Waals surface area (Å²) in [5.41, 5.74) is 13.1. The van der Waals surface area contributed by atoms with Crippen molar-refractivity contribution in [3.05, 3.63) is 223 Å². The van der Waals surface area contributed by atoms with Crippen molar-refractivity contribution in [3.63, 3.8) is 0 Å². The van der Waals surface area contributed by atoms with Crippen molar-refractivity contribution in [2.75, 3.05) is 5.32 Å². The van der Waals surface area contributed by atoms with E-state index in [0.29, 0.717) is 23.2 Å². The van der Waals surface area contributed by atoms with E-state index in [1.807, 2.05) is 121 Å². The quantitative estimate of drug-likeness (QED) is 0.137. The van der Waals surface area contributed by atoms with Gasteiger partial charge in [-0.25, -0.2) is 15.0 Å². The highest BCUT2D eigenvalue weighted by Crippen LogP contribution is 2.33. The first-order valence-corrected chi connectivity index (χ1v) is 18.9. The summed E-state index contributed by atoms with van der Waals surface area (Å²) in [6.07, 6.45) is 0. The third kappa shape index (κ3) is 7.77. The second-order valence-corrected chi connectivity index (χ2v) is 13.8. The Bertz CT molecular complexity index is 2760. The van der Waals surface area contributed by atoms with Gasteiger partial charge in [-0.1, -0.05) is 170 Å². The number of aromatic nitrogens is 3. The van der Waals surface area contributed by atoms with Gasteiger partial charge < -0.3 is 5.32 Å². The molecule has 0 amide bonds. The highest BCUT2D eigenvalue weighted by molar-refractivity contribution is 6.15. The first kappa shape index (κ1) is 35.0. The number of nitrogens with zero attached hydrogens (tertiary/aromatic N) is 3. The molecule has 0 aliphatic heterocycles. The zero-order chi connectivity index (χ0) is 38.4. The predicted molar refractivity (Wildman–Crippen MR) is 235 cm³/mol. The molecule has 0 aliphatic carbocycles. The maximum Gasteiger partial charge on any atom is 0.164 e. The Hall–Kier alpha value is -7.76. The Morgan fingerprint density at radius 1 is 0.333 bits per heavy atom. The average Bonchev–Trinajstić information content (AvgIpc) is 3.30. The summed E-state index contributed by atoms with van der Waals surface area (Å²) in [7, 11) is 0. The van der Waals surface area contributed by atoms with E-state index in [9.17, 15) is 5.41 Å². The molecular formula is C52H37N5. The largest absolute Gasteiger partial charge is 0.355 e. The van der Waals surface area contributed by atoms with Crippen molar-refractivity contribution in [3.8, 4) is 67.5 Å². The van der Waals surface area contributed by atoms with Crippen molar-refractivity contribution >= 4 is 17.1 Å². The lowest BCUT2D eigenvalue weighted by Gasteiger charge is -2.16. The van der Waals surface area contributed by atoms with Gasteiger partial charge in [0.15, 0.2) is 17.5 Å². The number of anilines is 2. The third-order valence-electron chi connectivity index (χ3n) is 9.95. The minimum Gasteiger partial charge on any atom is -0.355 e. The molecular weight excluding hydrogens is 695 g/mol. The van der Waals surface area contributed by atoms with E-state index in [-0.39, 0.29) is 0 Å². The maximum absolute atomic E-state index is 9.56. The van der Waals surface area contributed by atoms with Gasteiger partial charge in [0.05, 0.1) is 5.71 Å². The molecule has 0 aliphatic rings. The van der Waals surface area contributed by atoms with Gasteiger partial charge in [-0.05, 0) is 75.8 Å². The topological polar surface area (TPSA) is 74.5 Å². The molecule has 1 heterocycles. The second kappa shape index (κ2) is 15.9. The van der Waals surface area contributed by atoms with Gasteiger partial charge in [-0.3, -0.25) is 5.41 Å². The van der Waals surface area contributed by atoms with Crippen LogP contribution in [0.1, 0.15) is 11.1 Å². The molecule has 270 valence electrons. The van der Waals surface area contributed by atoms with Crippen LogP contribution in [0.25, 0.3) is 67.5 Å². The van der Waals surface area contributed by atoms with Crippen LogP contribution in [0.4, 0.5) is 11.4 Å². The van der Waals surface area contributed by atoms with E-state index in [1.165, 1.54) is 0 Å². The van der Waals surface area contributed by atoms with Crippen molar-refractivity contribution in [2.45, 2.75) is 0 Å². The average molecular weight is 732 g/mol. The van der Waals surface area contributed by atoms with Crippen LogP contribution in [0.2, 0.25) is 0 Å². The minimum absolute atomic E-state index is 0.444. The molecule has 57 heavy (non-hydrogen) atoms. The monoisotopic (exact) mass is 731 g/mol. The molecule has 5 nitrogen and oxygen atoms in total. The van der Waals surface area contributed by atoms with Gasteiger partial charge in [-0.15, -0.1) is 0 Å². The van der Waals surface area contributed by atoms with Crippen LogP contribution >= 0.6 is 0 Å². The Morgan fingerprint density at radius 3 is 1.30 bits per heavy atom. The molecule has 0 unspecified atom stereocenters. The first-order chi connectivity index (χ1) is 28.1. The number of nitrogens with one attached hydrogen (secondary N) is 2. The van der Waals surface area contributed by atoms with Gasteiger partial charge in [-0.2, -0.15) is 0 Å². The third-order valence-corrected chi connectivity index (χ3v) is 9.95. The lowest BCUT2D eigenvalue weighted by molar-refractivity contribution is 1.07. The molecule has 8 aromatic carbocycles. The smallest absolute Gasteiger partial charge is 0.164 e. The Kier molecular flexibility index (Phi) is 9.77. The molecule has 0 saturated carbocycles. The van der Waals surface area contributed by atoms with Crippen LogP contribution < -0.4 is 5.32 Å². The Labute approximate surface area is 332 Å². The van der Waals surface area contributed by atoms with Crippen LogP contribution in [-0.2, 0) is 0 Å². The SMILES string of the molecule is N=C(c1cccc(-c2cccc(-c3cccc(-c4nc(-c5ccccc5)nc(-c5ccccc5)n4)c3)c2)c1)c1cc(-c2ccccc2)ccc1Nc1ccccc1. The molecule has 0 fully saturated rings. The van der Waals surface area contributed by atoms with Crippen molar-refractivity contribution in [1.82, 2.24) is 15.0 Å². The summed E-state index contributed by atoms with van der Waals surface area (Å²) < 4.78 is 0. The van der Waals surface area contributed by atoms with Crippen molar-refractivity contribution in [1.29, 1.82) is 5.41 Å². The van der Waals surface area contributed by atoms with Crippen LogP contribution in [0.15, 0.2) is 212 Å². The van der Waals surface area contributed by atoms with Crippen LogP contribution in [0.5, 0.6) is 0 Å². The van der Waals surface area contributed by atoms with E-state index < -0.39 is 0 Å². The molecule has 1 aromatic heterocycles. The van der Waals surface area contributed by atoms with Crippen molar-refractivity contribution < 1.29 is 0 Å². The molecule has 0 radical (unpaired) electrons. The number of hydrogen-bond acceptors (Lipinski definition) is 5. The van der Waals surface area contributed by atoms with Gasteiger partial charge in [0.25, 0.3) is 0 Å². The van der Waals surface area contributed by atoms with Crippen LogP contribution in [0.3, 0.4) is 0 Å². The lowest BCUT2D eigenvalue weighted by Crippen LogP contribution is -2.06. The fourth-order valence-electron chi connectivity index (χ4n) is 7.01. The Balaban J connectivity index is 1.05. The molecule has 9 aromatic rings. The lowest BCUT2D eigenvalue weighted by atomic mass is 9.93. The zero-order valence-corrected chi connectivity index (χ0v) is 31.0. The molecule has 0 atom stereocenters. The van der Waals surface area contributed by atoms with E-state index in [0.717, 1.165) is 72.6 Å². The zero-order valence-electron chi connectivity index (χ0n) is 31.0. The number of rotatable bonds is 10. The van der Waals surface area contributed by atoms with E-state index in [1.54, 1.807) is 0 Å². The van der Waals surface area contributed by atoms with Crippen LogP contribution in [0, 0.1) is 5.41 Å². The maximum atomic E-state index is 9.56. The van der Waals surface area contributed by atoms with Gasteiger partial charge in [0.1, 0.15) is 0 Å². The molecule has 5 heteroatoms. The molecule has 2 N–H and O–H groups in total. The second-order valence-electron chi connectivity index (χ2n) is 13.8. The fourth-order valence-corrected chi connectivity index (χ4v) is 7.01. The molecule has 0 bridgehead atoms. The highest BCUT2D eigenvalue weighted by atomic mass is 15.0. The van der Waals surface area contributed by atoms with Gasteiger partial charge in [0.2, 0.25) is 0 Å². The van der Waals surface area contributed by atoms with Crippen molar-refractivity contribution in [2.24, 2.45) is 0 Å². The first-order valence-electron chi connectivity index (χ1n) is 18.9. The standard InChI is InChI=1S/C52H37N5/c53-49(47-35-43(36-16-5-1-6-17-36)30-31-48(47)54-46-28-11-4-12-29-46)44-26-14-24-41(33-44)39-22-13-23-40(32-39)42-25-15-27-45(34-42)52-56-50(37-18-7-2-8-19-37)55-51(57-52)38-20-9-3-10-21-38/h1-35,53-54H. The minimum atomic E-state index is 0.444. The highest BCUT2D eigenvalue weighted by Gasteiger charge is 2.16. The summed E-state index contributed by atoms with van der Waals surface area (Å²) in [4.78, 5) is 14.8. The Morgan fingerprint density at radius 2 is 0.737 bits per heavy atom. The fraction of sp³-hybridized carbons (Fsp3) is 0. The summed E-state index contributed by atoms with van der Waals surface area (Å²) in [6.45, 7) is 0. The van der Waals surface area contributed by atoms with E-state index in [4.69, 9.17) is 15.0 Å². The molecule has 0 saturated heterocycles. The number of para-hydroxylation sites is 1. The normalized spacial score (nSPS) is 10.9. The number of benzene rings is 8. The molecule has 9 rings (SSSR count). The van der Waals surface area contributed by atoms with Gasteiger partial charge in [0, 0.05) is 39.2 Å². The van der Waals surface area contributed by atoms with Crippen LogP contribution in [-0.4, -0.2) is 20.7 Å². The predicted octanol–water partition coefficient (Wildman–Crippen LogP) is 13.0. The summed E-state index contributed by atoms with van der Waals surface area (Å²) in [5, 5.41) is 13.1. The summed E-state index contributed by atoms with van der Waals surface area (Å²) >= 11 is 0. The summed E-state index contributed by atoms with van der Waals surface area (Å²) in [5.74, 6) is 1.88. The number of hydrogen-bond donors (Lipinski definition) is 2. The summed E-state index contributed by atoms with van der Waals surface area (Å²) in [6, 6.07) is 72.0. The molecule has 0 spiro atoms. The van der Waals surface area contributed by atoms with E-state index >= 15 is 0 Å². The van der Waals surface area contributed by atoms with E-state index in [2.05, 4.69) is 96.3 Å². The van der Waals surface area contributed by atoms with Gasteiger partial charge >= 0.3 is 0 Å².